The topological polar surface area (TPSA) is 93.1 Å². The SMILES string of the molecule is CCCNC(=O)c1ccc(NC(=O)CCn2cnc3ccc(Br)cc3c2=O)cc1Cl. The molecule has 0 unspecified atom stereocenters. The Kier molecular flexibility index (Phi) is 7.23. The highest BCUT2D eigenvalue weighted by molar-refractivity contribution is 9.10. The molecule has 1 heterocycles. The summed E-state index contributed by atoms with van der Waals surface area (Å²) in [4.78, 5) is 41.2. The number of fused-ring (bicyclic) bond motifs is 1. The van der Waals surface area contributed by atoms with Crippen molar-refractivity contribution in [3.05, 3.63) is 68.1 Å². The number of carbonyl (C=O) groups excluding carboxylic acids is 2. The second-order valence-corrected chi connectivity index (χ2v) is 7.98. The fourth-order valence-electron chi connectivity index (χ4n) is 2.85. The minimum absolute atomic E-state index is 0.0808. The first kappa shape index (κ1) is 22.0. The summed E-state index contributed by atoms with van der Waals surface area (Å²) in [5, 5.41) is 6.22. The maximum absolute atomic E-state index is 12.6. The lowest BCUT2D eigenvalue weighted by atomic mass is 10.2. The van der Waals surface area contributed by atoms with Gasteiger partial charge in [0.05, 0.1) is 27.8 Å². The molecule has 0 spiro atoms. The summed E-state index contributed by atoms with van der Waals surface area (Å²) in [6.07, 6.45) is 2.34. The summed E-state index contributed by atoms with van der Waals surface area (Å²) in [6.45, 7) is 2.71. The van der Waals surface area contributed by atoms with E-state index in [1.807, 2.05) is 13.0 Å². The molecule has 3 rings (SSSR count). The monoisotopic (exact) mass is 490 g/mol. The number of aromatic nitrogens is 2. The molecule has 2 N–H and O–H groups in total. The number of carbonyl (C=O) groups is 2. The molecular weight excluding hydrogens is 472 g/mol. The molecule has 7 nitrogen and oxygen atoms in total. The predicted octanol–water partition coefficient (Wildman–Crippen LogP) is 3.98. The first-order chi connectivity index (χ1) is 14.4. The normalized spacial score (nSPS) is 10.8. The highest BCUT2D eigenvalue weighted by atomic mass is 79.9. The minimum Gasteiger partial charge on any atom is -0.352 e. The summed E-state index contributed by atoms with van der Waals surface area (Å²) in [7, 11) is 0. The van der Waals surface area contributed by atoms with E-state index >= 15 is 0 Å². The van der Waals surface area contributed by atoms with E-state index in [1.165, 1.54) is 17.0 Å². The predicted molar refractivity (Wildman–Crippen MR) is 121 cm³/mol. The molecule has 0 radical (unpaired) electrons. The lowest BCUT2D eigenvalue weighted by Crippen LogP contribution is -2.24. The van der Waals surface area contributed by atoms with Crippen molar-refractivity contribution in [3.63, 3.8) is 0 Å². The van der Waals surface area contributed by atoms with Crippen LogP contribution in [0.25, 0.3) is 10.9 Å². The van der Waals surface area contributed by atoms with Crippen molar-refractivity contribution in [1.29, 1.82) is 0 Å². The number of nitrogens with zero attached hydrogens (tertiary/aromatic N) is 2. The average molecular weight is 492 g/mol. The van der Waals surface area contributed by atoms with Gasteiger partial charge in [0.25, 0.3) is 11.5 Å². The summed E-state index contributed by atoms with van der Waals surface area (Å²) in [5.41, 5.74) is 1.22. The van der Waals surface area contributed by atoms with Gasteiger partial charge < -0.3 is 10.6 Å². The number of amides is 2. The number of hydrogen-bond acceptors (Lipinski definition) is 4. The largest absolute Gasteiger partial charge is 0.352 e. The number of benzene rings is 2. The maximum atomic E-state index is 12.6. The highest BCUT2D eigenvalue weighted by Crippen LogP contribution is 2.21. The highest BCUT2D eigenvalue weighted by Gasteiger charge is 2.12. The molecule has 0 atom stereocenters. The third kappa shape index (κ3) is 5.25. The van der Waals surface area contributed by atoms with Crippen LogP contribution in [0.5, 0.6) is 0 Å². The van der Waals surface area contributed by atoms with Crippen LogP contribution in [0.3, 0.4) is 0 Å². The van der Waals surface area contributed by atoms with Crippen LogP contribution in [0.4, 0.5) is 5.69 Å². The van der Waals surface area contributed by atoms with Gasteiger partial charge in [-0.2, -0.15) is 0 Å². The fourth-order valence-corrected chi connectivity index (χ4v) is 3.47. The van der Waals surface area contributed by atoms with E-state index in [9.17, 15) is 14.4 Å². The summed E-state index contributed by atoms with van der Waals surface area (Å²) >= 11 is 9.53. The molecular formula is C21H20BrClN4O3. The van der Waals surface area contributed by atoms with E-state index in [4.69, 9.17) is 11.6 Å². The van der Waals surface area contributed by atoms with E-state index < -0.39 is 0 Å². The van der Waals surface area contributed by atoms with Crippen molar-refractivity contribution in [2.24, 2.45) is 0 Å². The molecule has 0 bridgehead atoms. The summed E-state index contributed by atoms with van der Waals surface area (Å²) in [6, 6.07) is 10.00. The van der Waals surface area contributed by atoms with E-state index in [0.717, 1.165) is 10.9 Å². The van der Waals surface area contributed by atoms with E-state index in [-0.39, 0.29) is 35.4 Å². The Morgan fingerprint density at radius 2 is 2.00 bits per heavy atom. The summed E-state index contributed by atoms with van der Waals surface area (Å²) < 4.78 is 2.19. The molecule has 0 saturated heterocycles. The number of aryl methyl sites for hydroxylation is 1. The Bertz CT molecular complexity index is 1160. The Hall–Kier alpha value is -2.71. The van der Waals surface area contributed by atoms with Gasteiger partial charge in [-0.05, 0) is 42.8 Å². The Labute approximate surface area is 186 Å². The van der Waals surface area contributed by atoms with Crippen LogP contribution >= 0.6 is 27.5 Å². The van der Waals surface area contributed by atoms with E-state index in [1.54, 1.807) is 24.3 Å². The van der Waals surface area contributed by atoms with Crippen LogP contribution in [0.15, 0.2) is 52.0 Å². The fraction of sp³-hybridized carbons (Fsp3) is 0.238. The Morgan fingerprint density at radius 1 is 1.20 bits per heavy atom. The van der Waals surface area contributed by atoms with Gasteiger partial charge in [-0.25, -0.2) is 4.98 Å². The molecule has 9 heteroatoms. The smallest absolute Gasteiger partial charge is 0.261 e. The van der Waals surface area contributed by atoms with Gasteiger partial charge in [0, 0.05) is 29.7 Å². The van der Waals surface area contributed by atoms with Crippen molar-refractivity contribution in [2.45, 2.75) is 26.3 Å². The quantitative estimate of drug-likeness (QED) is 0.523. The zero-order valence-corrected chi connectivity index (χ0v) is 18.6. The lowest BCUT2D eigenvalue weighted by Gasteiger charge is -2.10. The molecule has 0 aliphatic heterocycles. The van der Waals surface area contributed by atoms with Crippen LogP contribution in [0.1, 0.15) is 30.1 Å². The van der Waals surface area contributed by atoms with Crippen LogP contribution in [-0.4, -0.2) is 27.9 Å². The number of rotatable bonds is 7. The Balaban J connectivity index is 1.64. The van der Waals surface area contributed by atoms with E-state index in [2.05, 4.69) is 31.5 Å². The molecule has 3 aromatic rings. The molecule has 0 aliphatic carbocycles. The summed E-state index contributed by atoms with van der Waals surface area (Å²) in [5.74, 6) is -0.537. The third-order valence-electron chi connectivity index (χ3n) is 4.40. The average Bonchev–Trinajstić information content (AvgIpc) is 2.72. The van der Waals surface area contributed by atoms with Crippen LogP contribution in [0.2, 0.25) is 5.02 Å². The standard InChI is InChI=1S/C21H20BrClN4O3/c1-2-8-24-20(29)15-5-4-14(11-17(15)23)26-19(28)7-9-27-12-25-18-6-3-13(22)10-16(18)21(27)30/h3-6,10-12H,2,7-9H2,1H3,(H,24,29)(H,26,28). The van der Waals surface area contributed by atoms with Crippen molar-refractivity contribution in [2.75, 3.05) is 11.9 Å². The second-order valence-electron chi connectivity index (χ2n) is 6.65. The first-order valence-corrected chi connectivity index (χ1v) is 10.6. The number of nitrogens with one attached hydrogen (secondary N) is 2. The van der Waals surface area contributed by atoms with Crippen molar-refractivity contribution in [1.82, 2.24) is 14.9 Å². The molecule has 156 valence electrons. The zero-order valence-electron chi connectivity index (χ0n) is 16.2. The lowest BCUT2D eigenvalue weighted by molar-refractivity contribution is -0.116. The number of anilines is 1. The van der Waals surface area contributed by atoms with Crippen molar-refractivity contribution in [3.8, 4) is 0 Å². The van der Waals surface area contributed by atoms with Crippen LogP contribution in [-0.2, 0) is 11.3 Å². The van der Waals surface area contributed by atoms with Gasteiger partial charge in [-0.15, -0.1) is 0 Å². The molecule has 0 fully saturated rings. The van der Waals surface area contributed by atoms with Gasteiger partial charge in [0.1, 0.15) is 0 Å². The van der Waals surface area contributed by atoms with Gasteiger partial charge >= 0.3 is 0 Å². The molecule has 2 amide bonds. The van der Waals surface area contributed by atoms with Gasteiger partial charge in [-0.1, -0.05) is 34.5 Å². The van der Waals surface area contributed by atoms with Crippen molar-refractivity contribution < 1.29 is 9.59 Å². The number of halogens is 2. The van der Waals surface area contributed by atoms with Crippen molar-refractivity contribution >= 4 is 55.9 Å². The zero-order chi connectivity index (χ0) is 21.7. The number of hydrogen-bond donors (Lipinski definition) is 2. The molecule has 2 aromatic carbocycles. The maximum Gasteiger partial charge on any atom is 0.261 e. The van der Waals surface area contributed by atoms with Crippen LogP contribution in [0, 0.1) is 0 Å². The van der Waals surface area contributed by atoms with Crippen LogP contribution < -0.4 is 16.2 Å². The minimum atomic E-state index is -0.282. The molecule has 30 heavy (non-hydrogen) atoms. The Morgan fingerprint density at radius 3 is 2.73 bits per heavy atom. The van der Waals surface area contributed by atoms with Gasteiger partial charge in [-0.3, -0.25) is 19.0 Å². The first-order valence-electron chi connectivity index (χ1n) is 9.41. The molecule has 1 aromatic heterocycles. The van der Waals surface area contributed by atoms with E-state index in [0.29, 0.717) is 28.7 Å². The molecule has 0 aliphatic rings. The third-order valence-corrected chi connectivity index (χ3v) is 5.20. The van der Waals surface area contributed by atoms with Gasteiger partial charge in [0.15, 0.2) is 0 Å². The molecule has 0 saturated carbocycles. The second kappa shape index (κ2) is 9.86. The van der Waals surface area contributed by atoms with Gasteiger partial charge in [0.2, 0.25) is 5.91 Å².